The molecule has 3 nitrogen and oxygen atoms in total. The standard InChI is InChI=1S/C13H26N2O/c1-16-13-7-8-15(12(9-13)10-14)11-5-3-2-4-6-11/h11-13H,2-10,14H2,1H3. The van der Waals surface area contributed by atoms with E-state index < -0.39 is 0 Å². The molecule has 0 aromatic carbocycles. The second-order valence-electron chi connectivity index (χ2n) is 5.30. The van der Waals surface area contributed by atoms with Crippen LogP contribution in [0.5, 0.6) is 0 Å². The van der Waals surface area contributed by atoms with Gasteiger partial charge < -0.3 is 10.5 Å². The normalized spacial score (nSPS) is 34.1. The van der Waals surface area contributed by atoms with Crippen molar-refractivity contribution >= 4 is 0 Å². The zero-order valence-electron chi connectivity index (χ0n) is 10.5. The minimum absolute atomic E-state index is 0.438. The Morgan fingerprint density at radius 2 is 1.94 bits per heavy atom. The van der Waals surface area contributed by atoms with E-state index in [2.05, 4.69) is 4.90 Å². The minimum atomic E-state index is 0.438. The van der Waals surface area contributed by atoms with Crippen molar-refractivity contribution in [3.8, 4) is 0 Å². The first-order valence-electron chi connectivity index (χ1n) is 6.83. The predicted molar refractivity (Wildman–Crippen MR) is 66.5 cm³/mol. The van der Waals surface area contributed by atoms with Crippen molar-refractivity contribution in [2.24, 2.45) is 5.73 Å². The molecular formula is C13H26N2O. The summed E-state index contributed by atoms with van der Waals surface area (Å²) in [6.07, 6.45) is 9.76. The fourth-order valence-corrected chi connectivity index (χ4v) is 3.37. The fraction of sp³-hybridized carbons (Fsp3) is 1.00. The van der Waals surface area contributed by atoms with E-state index in [0.717, 1.165) is 19.0 Å². The maximum Gasteiger partial charge on any atom is 0.0599 e. The molecule has 2 rings (SSSR count). The van der Waals surface area contributed by atoms with Crippen molar-refractivity contribution in [1.29, 1.82) is 0 Å². The third-order valence-electron chi connectivity index (χ3n) is 4.36. The average molecular weight is 226 g/mol. The number of rotatable bonds is 3. The molecule has 94 valence electrons. The molecule has 1 aliphatic carbocycles. The molecule has 3 heteroatoms. The van der Waals surface area contributed by atoms with E-state index in [4.69, 9.17) is 10.5 Å². The van der Waals surface area contributed by atoms with Gasteiger partial charge in [0, 0.05) is 32.3 Å². The molecule has 2 aliphatic rings. The predicted octanol–water partition coefficient (Wildman–Crippen LogP) is 1.76. The van der Waals surface area contributed by atoms with Crippen LogP contribution in [0.3, 0.4) is 0 Å². The Balaban J connectivity index is 1.92. The lowest BCUT2D eigenvalue weighted by Crippen LogP contribution is -2.53. The minimum Gasteiger partial charge on any atom is -0.381 e. The van der Waals surface area contributed by atoms with Crippen LogP contribution in [0.2, 0.25) is 0 Å². The Hall–Kier alpha value is -0.120. The Bertz CT molecular complexity index is 204. The quantitative estimate of drug-likeness (QED) is 0.797. The van der Waals surface area contributed by atoms with Crippen LogP contribution in [0, 0.1) is 0 Å². The average Bonchev–Trinajstić information content (AvgIpc) is 2.39. The molecule has 1 saturated carbocycles. The Labute approximate surface area is 99.3 Å². The van der Waals surface area contributed by atoms with Gasteiger partial charge in [0.2, 0.25) is 0 Å². The molecule has 0 spiro atoms. The monoisotopic (exact) mass is 226 g/mol. The van der Waals surface area contributed by atoms with Gasteiger partial charge in [0.05, 0.1) is 6.10 Å². The molecule has 2 fully saturated rings. The van der Waals surface area contributed by atoms with Crippen LogP contribution in [-0.4, -0.2) is 43.3 Å². The summed E-state index contributed by atoms with van der Waals surface area (Å²) >= 11 is 0. The van der Waals surface area contributed by atoms with Crippen LogP contribution < -0.4 is 5.73 Å². The number of ether oxygens (including phenoxy) is 1. The summed E-state index contributed by atoms with van der Waals surface area (Å²) in [6.45, 7) is 1.97. The Morgan fingerprint density at radius 1 is 1.19 bits per heavy atom. The molecule has 2 N–H and O–H groups in total. The molecule has 1 aliphatic heterocycles. The second kappa shape index (κ2) is 5.99. The van der Waals surface area contributed by atoms with Gasteiger partial charge in [-0.1, -0.05) is 19.3 Å². The first kappa shape index (κ1) is 12.3. The van der Waals surface area contributed by atoms with E-state index in [0.29, 0.717) is 12.1 Å². The summed E-state index contributed by atoms with van der Waals surface area (Å²) < 4.78 is 5.48. The molecule has 1 saturated heterocycles. The van der Waals surface area contributed by atoms with Crippen LogP contribution in [0.25, 0.3) is 0 Å². The summed E-state index contributed by atoms with van der Waals surface area (Å²) in [4.78, 5) is 2.68. The molecule has 16 heavy (non-hydrogen) atoms. The van der Waals surface area contributed by atoms with Crippen molar-refractivity contribution < 1.29 is 4.74 Å². The fourth-order valence-electron chi connectivity index (χ4n) is 3.37. The van der Waals surface area contributed by atoms with Gasteiger partial charge in [-0.2, -0.15) is 0 Å². The van der Waals surface area contributed by atoms with Crippen LogP contribution in [-0.2, 0) is 4.74 Å². The first-order valence-corrected chi connectivity index (χ1v) is 6.83. The lowest BCUT2D eigenvalue weighted by atomic mass is 9.89. The number of hydrogen-bond acceptors (Lipinski definition) is 3. The maximum absolute atomic E-state index is 5.92. The summed E-state index contributed by atoms with van der Waals surface area (Å²) in [5, 5.41) is 0. The zero-order valence-corrected chi connectivity index (χ0v) is 10.5. The van der Waals surface area contributed by atoms with Crippen molar-refractivity contribution in [2.75, 3.05) is 20.2 Å². The molecule has 0 amide bonds. The van der Waals surface area contributed by atoms with Crippen LogP contribution in [0.1, 0.15) is 44.9 Å². The van der Waals surface area contributed by atoms with E-state index in [1.165, 1.54) is 45.1 Å². The number of piperidine rings is 1. The first-order chi connectivity index (χ1) is 7.85. The molecule has 0 aromatic rings. The summed E-state index contributed by atoms with van der Waals surface area (Å²) in [5.41, 5.74) is 5.92. The van der Waals surface area contributed by atoms with Gasteiger partial charge in [-0.05, 0) is 25.7 Å². The number of likely N-dealkylation sites (tertiary alicyclic amines) is 1. The van der Waals surface area contributed by atoms with Gasteiger partial charge >= 0.3 is 0 Å². The molecule has 1 heterocycles. The summed E-state index contributed by atoms with van der Waals surface area (Å²) in [6, 6.07) is 1.36. The zero-order chi connectivity index (χ0) is 11.4. The maximum atomic E-state index is 5.92. The number of nitrogens with zero attached hydrogens (tertiary/aromatic N) is 1. The third-order valence-corrected chi connectivity index (χ3v) is 4.36. The molecule has 0 radical (unpaired) electrons. The second-order valence-corrected chi connectivity index (χ2v) is 5.30. The van der Waals surface area contributed by atoms with Crippen LogP contribution in [0.15, 0.2) is 0 Å². The number of hydrogen-bond donors (Lipinski definition) is 1. The largest absolute Gasteiger partial charge is 0.381 e. The smallest absolute Gasteiger partial charge is 0.0599 e. The van der Waals surface area contributed by atoms with Crippen LogP contribution >= 0.6 is 0 Å². The van der Waals surface area contributed by atoms with E-state index in [-0.39, 0.29) is 0 Å². The molecule has 0 bridgehead atoms. The van der Waals surface area contributed by atoms with Gasteiger partial charge in [0.15, 0.2) is 0 Å². The SMILES string of the molecule is COC1CCN(C2CCCCC2)C(CN)C1. The van der Waals surface area contributed by atoms with E-state index in [1.54, 1.807) is 0 Å². The van der Waals surface area contributed by atoms with Crippen molar-refractivity contribution in [3.05, 3.63) is 0 Å². The Morgan fingerprint density at radius 3 is 2.56 bits per heavy atom. The summed E-state index contributed by atoms with van der Waals surface area (Å²) in [7, 11) is 1.83. The van der Waals surface area contributed by atoms with E-state index in [1.807, 2.05) is 7.11 Å². The highest BCUT2D eigenvalue weighted by Crippen LogP contribution is 2.28. The molecular weight excluding hydrogens is 200 g/mol. The van der Waals surface area contributed by atoms with Crippen LogP contribution in [0.4, 0.5) is 0 Å². The number of nitrogens with two attached hydrogens (primary N) is 1. The van der Waals surface area contributed by atoms with E-state index in [9.17, 15) is 0 Å². The van der Waals surface area contributed by atoms with Gasteiger partial charge in [0.25, 0.3) is 0 Å². The molecule has 2 unspecified atom stereocenters. The molecule has 0 aromatic heterocycles. The van der Waals surface area contributed by atoms with Gasteiger partial charge in [-0.3, -0.25) is 4.90 Å². The number of methoxy groups -OCH3 is 1. The van der Waals surface area contributed by atoms with Crippen molar-refractivity contribution in [2.45, 2.75) is 63.1 Å². The topological polar surface area (TPSA) is 38.5 Å². The lowest BCUT2D eigenvalue weighted by Gasteiger charge is -2.44. The van der Waals surface area contributed by atoms with E-state index >= 15 is 0 Å². The lowest BCUT2D eigenvalue weighted by molar-refractivity contribution is -0.0108. The van der Waals surface area contributed by atoms with Gasteiger partial charge in [0.1, 0.15) is 0 Å². The molecule has 2 atom stereocenters. The van der Waals surface area contributed by atoms with Gasteiger partial charge in [-0.15, -0.1) is 0 Å². The van der Waals surface area contributed by atoms with Crippen molar-refractivity contribution in [3.63, 3.8) is 0 Å². The van der Waals surface area contributed by atoms with Crippen molar-refractivity contribution in [1.82, 2.24) is 4.90 Å². The Kier molecular flexibility index (Phi) is 4.62. The highest BCUT2D eigenvalue weighted by Gasteiger charge is 2.32. The highest BCUT2D eigenvalue weighted by molar-refractivity contribution is 4.88. The third kappa shape index (κ3) is 2.76. The highest BCUT2D eigenvalue weighted by atomic mass is 16.5. The summed E-state index contributed by atoms with van der Waals surface area (Å²) in [5.74, 6) is 0. The van der Waals surface area contributed by atoms with Gasteiger partial charge in [-0.25, -0.2) is 0 Å².